The number of carbonyl (C=O) groups excluding carboxylic acids is 1. The van der Waals surface area contributed by atoms with Crippen molar-refractivity contribution < 1.29 is 26.9 Å². The summed E-state index contributed by atoms with van der Waals surface area (Å²) < 4.78 is 28.6. The zero-order chi connectivity index (χ0) is 16.8. The summed E-state index contributed by atoms with van der Waals surface area (Å²) in [6.07, 6.45) is 0. The van der Waals surface area contributed by atoms with Crippen molar-refractivity contribution in [1.82, 2.24) is 0 Å². The van der Waals surface area contributed by atoms with Crippen molar-refractivity contribution in [2.24, 2.45) is 0 Å². The molecule has 0 radical (unpaired) electrons. The molecule has 7 nitrogen and oxygen atoms in total. The van der Waals surface area contributed by atoms with Gasteiger partial charge in [-0.2, -0.15) is 0 Å². The molecule has 0 heterocycles. The van der Waals surface area contributed by atoms with Gasteiger partial charge in [0.1, 0.15) is 5.75 Å². The van der Waals surface area contributed by atoms with Crippen LogP contribution < -0.4 is 9.67 Å². The van der Waals surface area contributed by atoms with E-state index in [4.69, 9.17) is 13.3 Å². The number of benzene rings is 2. The number of rotatable bonds is 2. The zero-order valence-corrected chi connectivity index (χ0v) is 13.5. The van der Waals surface area contributed by atoms with E-state index in [2.05, 4.69) is 5.32 Å². The number of aromatic hydroxyl groups is 2. The predicted molar refractivity (Wildman–Crippen MR) is 81.0 cm³/mol. The Kier molecular flexibility index (Phi) is 6.24. The molecule has 1 amide bonds. The fraction of sp³-hybridized carbons (Fsp3) is 0.0714. The van der Waals surface area contributed by atoms with Crippen LogP contribution in [-0.2, 0) is 8.53 Å². The van der Waals surface area contributed by atoms with Crippen LogP contribution in [0.15, 0.2) is 48.5 Å². The van der Waals surface area contributed by atoms with Gasteiger partial charge in [-0.1, -0.05) is 18.2 Å². The SMILES string of the molecule is CC(=O)Nc1cc([As](=O)(O)O)ccc1O.Oc1ccccc1. The van der Waals surface area contributed by atoms with Gasteiger partial charge < -0.3 is 5.11 Å². The molecule has 2 aromatic rings. The zero-order valence-electron chi connectivity index (χ0n) is 11.7. The monoisotopic (exact) mass is 369 g/mol. The van der Waals surface area contributed by atoms with E-state index in [0.717, 1.165) is 18.2 Å². The normalized spacial score (nSPS) is 10.3. The van der Waals surface area contributed by atoms with Gasteiger partial charge in [-0.05, 0) is 12.1 Å². The van der Waals surface area contributed by atoms with Crippen LogP contribution in [-0.4, -0.2) is 38.5 Å². The maximum Gasteiger partial charge on any atom is 0.115 e. The molecule has 0 fully saturated rings. The second kappa shape index (κ2) is 7.70. The number of anilines is 1. The Morgan fingerprint density at radius 1 is 1.05 bits per heavy atom. The van der Waals surface area contributed by atoms with Crippen LogP contribution in [0.2, 0.25) is 0 Å². The molecule has 0 unspecified atom stereocenters. The van der Waals surface area contributed by atoms with E-state index in [1.165, 1.54) is 6.92 Å². The minimum atomic E-state index is -4.98. The van der Waals surface area contributed by atoms with Crippen molar-refractivity contribution >= 4 is 30.1 Å². The maximum absolute atomic E-state index is 10.9. The molecule has 8 heteroatoms. The minimum absolute atomic E-state index is 0.00951. The summed E-state index contributed by atoms with van der Waals surface area (Å²) in [5, 5.41) is 20.2. The first kappa shape index (κ1) is 17.8. The second-order valence-electron chi connectivity index (χ2n) is 4.26. The van der Waals surface area contributed by atoms with Crippen LogP contribution in [0.4, 0.5) is 5.69 Å². The molecule has 0 aliphatic rings. The van der Waals surface area contributed by atoms with Gasteiger partial charge in [0.25, 0.3) is 0 Å². The topological polar surface area (TPSA) is 127 Å². The molecular weight excluding hydrogens is 353 g/mol. The van der Waals surface area contributed by atoms with Gasteiger partial charge in [-0.25, -0.2) is 0 Å². The molecule has 0 bridgehead atoms. The molecule has 0 saturated heterocycles. The van der Waals surface area contributed by atoms with E-state index in [-0.39, 0.29) is 15.8 Å². The van der Waals surface area contributed by atoms with Crippen LogP contribution in [0.1, 0.15) is 6.92 Å². The van der Waals surface area contributed by atoms with Gasteiger partial charge in [-0.3, -0.25) is 0 Å². The Morgan fingerprint density at radius 2 is 1.64 bits per heavy atom. The summed E-state index contributed by atoms with van der Waals surface area (Å²) in [6, 6.07) is 12.0. The second-order valence-corrected chi connectivity index (χ2v) is 7.63. The minimum Gasteiger partial charge on any atom is -0.508 e. The van der Waals surface area contributed by atoms with Gasteiger partial charge in [0.2, 0.25) is 0 Å². The third kappa shape index (κ3) is 6.05. The summed E-state index contributed by atoms with van der Waals surface area (Å²) in [6.45, 7) is 1.23. The summed E-state index contributed by atoms with van der Waals surface area (Å²) in [5.74, 6) is -0.346. The van der Waals surface area contributed by atoms with Crippen LogP contribution in [0.3, 0.4) is 0 Å². The van der Waals surface area contributed by atoms with Gasteiger partial charge in [0, 0.05) is 0 Å². The van der Waals surface area contributed by atoms with Crippen molar-refractivity contribution in [3.63, 3.8) is 0 Å². The van der Waals surface area contributed by atoms with Gasteiger partial charge in [0.05, 0.1) is 0 Å². The molecule has 0 atom stereocenters. The number of phenolic OH excluding ortho intramolecular Hbond substituents is 2. The summed E-state index contributed by atoms with van der Waals surface area (Å²) in [5.41, 5.74) is -0.00951. The average Bonchev–Trinajstić information content (AvgIpc) is 2.41. The molecule has 0 aromatic heterocycles. The van der Waals surface area contributed by atoms with E-state index in [0.29, 0.717) is 5.75 Å². The van der Waals surface area contributed by atoms with Crippen molar-refractivity contribution in [2.45, 2.75) is 6.92 Å². The van der Waals surface area contributed by atoms with Gasteiger partial charge in [-0.15, -0.1) is 0 Å². The third-order valence-electron chi connectivity index (χ3n) is 2.38. The van der Waals surface area contributed by atoms with E-state index in [9.17, 15) is 13.6 Å². The molecule has 0 aliphatic carbocycles. The Balaban J connectivity index is 0.000000287. The smallest absolute Gasteiger partial charge is 0.115 e. The Bertz CT molecular complexity index is 683. The number of para-hydroxylation sites is 1. The van der Waals surface area contributed by atoms with Crippen molar-refractivity contribution in [2.75, 3.05) is 5.32 Å². The molecule has 2 aromatic carbocycles. The Labute approximate surface area is 129 Å². The molecule has 0 saturated carbocycles. The van der Waals surface area contributed by atoms with E-state index >= 15 is 0 Å². The quantitative estimate of drug-likeness (QED) is 0.383. The fourth-order valence-electron chi connectivity index (χ4n) is 1.42. The van der Waals surface area contributed by atoms with Crippen molar-refractivity contribution in [3.8, 4) is 11.5 Å². The first-order valence-corrected chi connectivity index (χ1v) is 9.49. The van der Waals surface area contributed by atoms with Crippen molar-refractivity contribution in [1.29, 1.82) is 0 Å². The molecule has 0 aliphatic heterocycles. The molecule has 5 N–H and O–H groups in total. The molecule has 0 spiro atoms. The molecule has 118 valence electrons. The van der Waals surface area contributed by atoms with Crippen LogP contribution in [0, 0.1) is 0 Å². The predicted octanol–water partition coefficient (Wildman–Crippen LogP) is 0.304. The molecule has 22 heavy (non-hydrogen) atoms. The van der Waals surface area contributed by atoms with E-state index < -0.39 is 20.1 Å². The Morgan fingerprint density at radius 3 is 2.05 bits per heavy atom. The van der Waals surface area contributed by atoms with Gasteiger partial charge in [0.15, 0.2) is 0 Å². The summed E-state index contributed by atoms with van der Waals surface area (Å²) >= 11 is -4.98. The maximum atomic E-state index is 10.9. The Hall–Kier alpha value is -2.21. The van der Waals surface area contributed by atoms with Crippen LogP contribution in [0.25, 0.3) is 0 Å². The number of hydrogen-bond donors (Lipinski definition) is 5. The van der Waals surface area contributed by atoms with E-state index in [1.54, 1.807) is 24.3 Å². The average molecular weight is 369 g/mol. The van der Waals surface area contributed by atoms with Crippen LogP contribution >= 0.6 is 0 Å². The first-order valence-electron chi connectivity index (χ1n) is 6.11. The largest absolute Gasteiger partial charge is 0.508 e. The molecular formula is C14H16AsNO6. The number of carbonyl (C=O) groups is 1. The number of nitrogens with one attached hydrogen (secondary N) is 1. The number of phenols is 2. The third-order valence-corrected chi connectivity index (χ3v) is 4.38. The fourth-order valence-corrected chi connectivity index (χ4v) is 2.61. The van der Waals surface area contributed by atoms with Gasteiger partial charge >= 0.3 is 88.1 Å². The number of amides is 1. The molecule has 2 rings (SSSR count). The van der Waals surface area contributed by atoms with Crippen molar-refractivity contribution in [3.05, 3.63) is 48.5 Å². The summed E-state index contributed by atoms with van der Waals surface area (Å²) in [4.78, 5) is 10.7. The summed E-state index contributed by atoms with van der Waals surface area (Å²) in [7, 11) is 0. The van der Waals surface area contributed by atoms with E-state index in [1.807, 2.05) is 6.07 Å². The first-order chi connectivity index (χ1) is 10.2. The van der Waals surface area contributed by atoms with Crippen LogP contribution in [0.5, 0.6) is 11.5 Å². The standard InChI is InChI=1S/C8H10AsNO5.C6H6O/c1-5(11)10-7-4-6(9(13,14)15)2-3-8(7)12;7-6-4-2-1-3-5-6/h2-4,12H,1H3,(H,10,11)(H2,13,14,15);1-5,7H. The number of hydrogen-bond acceptors (Lipinski definition) is 4.